The van der Waals surface area contributed by atoms with Crippen molar-refractivity contribution in [3.05, 3.63) is 0 Å². The molecule has 0 saturated carbocycles. The van der Waals surface area contributed by atoms with E-state index in [9.17, 15) is 4.79 Å². The highest BCUT2D eigenvalue weighted by molar-refractivity contribution is 5.73. The van der Waals surface area contributed by atoms with E-state index in [2.05, 4.69) is 5.32 Å². The van der Waals surface area contributed by atoms with E-state index >= 15 is 0 Å². The zero-order chi connectivity index (χ0) is 8.97. The largest absolute Gasteiger partial charge is 0.331 e. The summed E-state index contributed by atoms with van der Waals surface area (Å²) in [6.07, 6.45) is 1.000. The Kier molecular flexibility index (Phi) is 3.34. The van der Waals surface area contributed by atoms with Crippen molar-refractivity contribution in [2.24, 2.45) is 0 Å². The number of carbonyl (C=O) groups is 1. The minimum absolute atomic E-state index is 0.104. The molecule has 0 aromatic rings. The van der Waals surface area contributed by atoms with Gasteiger partial charge in [0.05, 0.1) is 0 Å². The summed E-state index contributed by atoms with van der Waals surface area (Å²) in [4.78, 5) is 14.9. The van der Waals surface area contributed by atoms with Gasteiger partial charge in [0, 0.05) is 40.3 Å². The van der Waals surface area contributed by atoms with Gasteiger partial charge in [-0.2, -0.15) is 0 Å². The predicted octanol–water partition coefficient (Wildman–Crippen LogP) is -0.0219. The lowest BCUT2D eigenvalue weighted by molar-refractivity contribution is 0.174. The highest BCUT2D eigenvalue weighted by atomic mass is 16.2. The van der Waals surface area contributed by atoms with Crippen LogP contribution in [0.25, 0.3) is 0 Å². The van der Waals surface area contributed by atoms with Gasteiger partial charge in [-0.15, -0.1) is 0 Å². The molecular formula is C8H16N3O. The first-order valence-electron chi connectivity index (χ1n) is 4.31. The highest BCUT2D eigenvalue weighted by Gasteiger charge is 2.16. The molecule has 0 aromatic heterocycles. The maximum absolute atomic E-state index is 11.5. The number of urea groups is 1. The Morgan fingerprint density at radius 2 is 2.08 bits per heavy atom. The van der Waals surface area contributed by atoms with Gasteiger partial charge in [-0.1, -0.05) is 0 Å². The van der Waals surface area contributed by atoms with Crippen molar-refractivity contribution < 1.29 is 4.79 Å². The van der Waals surface area contributed by atoms with Crippen molar-refractivity contribution in [1.82, 2.24) is 15.1 Å². The number of nitrogens with zero attached hydrogens (tertiary/aromatic N) is 3. The quantitative estimate of drug-likeness (QED) is 0.503. The van der Waals surface area contributed by atoms with Crippen LogP contribution >= 0.6 is 0 Å². The summed E-state index contributed by atoms with van der Waals surface area (Å²) in [5.74, 6) is 0. The summed E-state index contributed by atoms with van der Waals surface area (Å²) in [6.45, 7) is 3.31. The second kappa shape index (κ2) is 4.30. The van der Waals surface area contributed by atoms with Gasteiger partial charge in [0.25, 0.3) is 0 Å². The molecule has 1 saturated heterocycles. The predicted molar refractivity (Wildman–Crippen MR) is 47.1 cm³/mol. The number of rotatable bonds is 0. The molecule has 69 valence electrons. The number of amides is 2. The molecule has 4 heteroatoms. The van der Waals surface area contributed by atoms with Crippen LogP contribution in [0.4, 0.5) is 4.79 Å². The highest BCUT2D eigenvalue weighted by Crippen LogP contribution is 1.99. The minimum Gasteiger partial charge on any atom is -0.331 e. The van der Waals surface area contributed by atoms with E-state index in [-0.39, 0.29) is 6.03 Å². The van der Waals surface area contributed by atoms with Crippen molar-refractivity contribution in [3.63, 3.8) is 0 Å². The molecule has 0 atom stereocenters. The molecule has 1 radical (unpaired) electrons. The van der Waals surface area contributed by atoms with E-state index in [1.54, 1.807) is 19.0 Å². The van der Waals surface area contributed by atoms with Gasteiger partial charge in [0.15, 0.2) is 0 Å². The molecule has 12 heavy (non-hydrogen) atoms. The molecule has 2 amide bonds. The van der Waals surface area contributed by atoms with Gasteiger partial charge in [-0.05, 0) is 6.42 Å². The molecule has 1 aliphatic rings. The Morgan fingerprint density at radius 1 is 1.33 bits per heavy atom. The van der Waals surface area contributed by atoms with Gasteiger partial charge >= 0.3 is 6.03 Å². The lowest BCUT2D eigenvalue weighted by Crippen LogP contribution is -2.40. The molecule has 0 aromatic carbocycles. The van der Waals surface area contributed by atoms with Crippen LogP contribution in [0.3, 0.4) is 0 Å². The van der Waals surface area contributed by atoms with Crippen LogP contribution in [-0.2, 0) is 0 Å². The second-order valence-corrected chi connectivity index (χ2v) is 3.19. The average molecular weight is 170 g/mol. The first kappa shape index (κ1) is 9.32. The van der Waals surface area contributed by atoms with Crippen LogP contribution in [0.15, 0.2) is 0 Å². The maximum atomic E-state index is 11.5. The fourth-order valence-electron chi connectivity index (χ4n) is 1.26. The van der Waals surface area contributed by atoms with E-state index in [0.717, 1.165) is 32.6 Å². The molecular weight excluding hydrogens is 154 g/mol. The Bertz CT molecular complexity index is 150. The van der Waals surface area contributed by atoms with Crippen LogP contribution in [-0.4, -0.2) is 56.1 Å². The van der Waals surface area contributed by atoms with Crippen molar-refractivity contribution >= 4 is 6.03 Å². The molecule has 1 fully saturated rings. The van der Waals surface area contributed by atoms with Crippen LogP contribution in [0.1, 0.15) is 6.42 Å². The molecule has 1 aliphatic heterocycles. The third-order valence-corrected chi connectivity index (χ3v) is 1.93. The van der Waals surface area contributed by atoms with E-state index < -0.39 is 0 Å². The van der Waals surface area contributed by atoms with Gasteiger partial charge in [-0.3, -0.25) is 0 Å². The smallest absolute Gasteiger partial charge is 0.319 e. The fraction of sp³-hybridized carbons (Fsp3) is 0.875. The summed E-state index contributed by atoms with van der Waals surface area (Å²) >= 11 is 0. The monoisotopic (exact) mass is 170 g/mol. The van der Waals surface area contributed by atoms with Crippen molar-refractivity contribution in [3.8, 4) is 0 Å². The molecule has 0 bridgehead atoms. The van der Waals surface area contributed by atoms with Crippen molar-refractivity contribution in [2.75, 3.05) is 40.3 Å². The minimum atomic E-state index is 0.104. The Morgan fingerprint density at radius 3 is 2.75 bits per heavy atom. The third-order valence-electron chi connectivity index (χ3n) is 1.93. The Labute approximate surface area is 73.5 Å². The van der Waals surface area contributed by atoms with Crippen molar-refractivity contribution in [1.29, 1.82) is 0 Å². The van der Waals surface area contributed by atoms with Gasteiger partial charge in [-0.25, -0.2) is 10.1 Å². The first-order chi connectivity index (χ1) is 5.72. The van der Waals surface area contributed by atoms with Crippen LogP contribution in [0.5, 0.6) is 0 Å². The van der Waals surface area contributed by atoms with E-state index in [4.69, 9.17) is 0 Å². The summed E-state index contributed by atoms with van der Waals surface area (Å²) in [5.41, 5.74) is 0. The van der Waals surface area contributed by atoms with Crippen molar-refractivity contribution in [2.45, 2.75) is 6.42 Å². The molecule has 1 rings (SSSR count). The zero-order valence-corrected chi connectivity index (χ0v) is 7.79. The SMILES string of the molecule is CN(C)C(=O)N1CCC[N]CC1. The van der Waals surface area contributed by atoms with Gasteiger partial charge < -0.3 is 9.80 Å². The fourth-order valence-corrected chi connectivity index (χ4v) is 1.26. The zero-order valence-electron chi connectivity index (χ0n) is 7.79. The number of carbonyl (C=O) groups excluding carboxylic acids is 1. The van der Waals surface area contributed by atoms with Gasteiger partial charge in [0.2, 0.25) is 0 Å². The van der Waals surface area contributed by atoms with Crippen LogP contribution < -0.4 is 5.32 Å². The molecule has 0 spiro atoms. The number of hydrogen-bond acceptors (Lipinski definition) is 1. The molecule has 0 unspecified atom stereocenters. The maximum Gasteiger partial charge on any atom is 0.319 e. The average Bonchev–Trinajstić information content (AvgIpc) is 2.30. The Balaban J connectivity index is 2.43. The Hall–Kier alpha value is -0.770. The van der Waals surface area contributed by atoms with Crippen LogP contribution in [0.2, 0.25) is 0 Å². The summed E-state index contributed by atoms with van der Waals surface area (Å²) in [6, 6.07) is 0.104. The molecule has 0 N–H and O–H groups in total. The standard InChI is InChI=1S/C8H16N3O/c1-10(2)8(12)11-6-3-4-9-5-7-11/h3-7H2,1-2H3. The van der Waals surface area contributed by atoms with E-state index in [1.165, 1.54) is 0 Å². The lowest BCUT2D eigenvalue weighted by Gasteiger charge is -2.23. The van der Waals surface area contributed by atoms with Gasteiger partial charge in [0.1, 0.15) is 0 Å². The molecule has 1 heterocycles. The number of hydrogen-bond donors (Lipinski definition) is 0. The van der Waals surface area contributed by atoms with E-state index in [0.29, 0.717) is 0 Å². The summed E-state index contributed by atoms with van der Waals surface area (Å²) in [7, 11) is 3.56. The van der Waals surface area contributed by atoms with E-state index in [1.807, 2.05) is 4.90 Å². The topological polar surface area (TPSA) is 37.7 Å². The normalized spacial score (nSPS) is 18.7. The summed E-state index contributed by atoms with van der Waals surface area (Å²) in [5, 5.41) is 4.25. The second-order valence-electron chi connectivity index (χ2n) is 3.19. The molecule has 4 nitrogen and oxygen atoms in total. The lowest BCUT2D eigenvalue weighted by atomic mass is 10.4. The molecule has 0 aliphatic carbocycles. The van der Waals surface area contributed by atoms with Crippen LogP contribution in [0, 0.1) is 0 Å². The summed E-state index contributed by atoms with van der Waals surface area (Å²) < 4.78 is 0. The first-order valence-corrected chi connectivity index (χ1v) is 4.31. The third kappa shape index (κ3) is 2.37.